The van der Waals surface area contributed by atoms with E-state index in [0.717, 1.165) is 0 Å². The van der Waals surface area contributed by atoms with E-state index in [-0.39, 0.29) is 6.04 Å². The van der Waals surface area contributed by atoms with Gasteiger partial charge in [-0.2, -0.15) is 0 Å². The molecule has 3 rings (SSSR count). The monoisotopic (exact) mass is 219 g/mol. The molecule has 82 valence electrons. The van der Waals surface area contributed by atoms with E-state index >= 15 is 0 Å². The summed E-state index contributed by atoms with van der Waals surface area (Å²) in [5.74, 6) is 2.65. The molecule has 0 atom stereocenters. The lowest BCUT2D eigenvalue weighted by molar-refractivity contribution is 0.673. The summed E-state index contributed by atoms with van der Waals surface area (Å²) < 4.78 is 0. The number of benzene rings is 2. The predicted molar refractivity (Wildman–Crippen MR) is 70.6 cm³/mol. The van der Waals surface area contributed by atoms with Crippen LogP contribution < -0.4 is 5.32 Å². The predicted octanol–water partition coefficient (Wildman–Crippen LogP) is 2.98. The normalized spacial score (nSPS) is 12.9. The summed E-state index contributed by atoms with van der Waals surface area (Å²) in [6.07, 6.45) is 5.33. The maximum Gasteiger partial charge on any atom is 0.0596 e. The van der Waals surface area contributed by atoms with Gasteiger partial charge in [0.25, 0.3) is 0 Å². The zero-order valence-electron chi connectivity index (χ0n) is 9.48. The maximum absolute atomic E-state index is 5.33. The molecule has 2 aromatic carbocycles. The zero-order valence-corrected chi connectivity index (χ0v) is 9.48. The van der Waals surface area contributed by atoms with E-state index in [1.807, 2.05) is 0 Å². The summed E-state index contributed by atoms with van der Waals surface area (Å²) in [4.78, 5) is 0. The van der Waals surface area contributed by atoms with Gasteiger partial charge in [0, 0.05) is 0 Å². The second-order valence-corrected chi connectivity index (χ2v) is 4.19. The Bertz CT molecular complexity index is 547. The Kier molecular flexibility index (Phi) is 2.44. The van der Waals surface area contributed by atoms with Gasteiger partial charge in [0.15, 0.2) is 0 Å². The minimum Gasteiger partial charge on any atom is -0.295 e. The Labute approximate surface area is 101 Å². The van der Waals surface area contributed by atoms with Crippen molar-refractivity contribution in [2.75, 3.05) is 6.54 Å². The molecule has 1 N–H and O–H groups in total. The third-order valence-electron chi connectivity index (χ3n) is 3.24. The van der Waals surface area contributed by atoms with Crippen LogP contribution in [-0.4, -0.2) is 6.54 Å². The average Bonchev–Trinajstić information content (AvgIpc) is 2.71. The summed E-state index contributed by atoms with van der Waals surface area (Å²) in [6, 6.07) is 17.2. The van der Waals surface area contributed by atoms with Crippen LogP contribution in [0.3, 0.4) is 0 Å². The molecular formula is C16H13N. The number of hydrogen-bond donors (Lipinski definition) is 1. The summed E-state index contributed by atoms with van der Waals surface area (Å²) in [5, 5.41) is 3.41. The van der Waals surface area contributed by atoms with E-state index < -0.39 is 0 Å². The quantitative estimate of drug-likeness (QED) is 0.766. The highest BCUT2D eigenvalue weighted by Gasteiger charge is 2.26. The third kappa shape index (κ3) is 1.54. The van der Waals surface area contributed by atoms with Crippen molar-refractivity contribution in [3.05, 3.63) is 59.7 Å². The molecule has 17 heavy (non-hydrogen) atoms. The van der Waals surface area contributed by atoms with Crippen molar-refractivity contribution in [2.45, 2.75) is 6.04 Å². The molecule has 0 aromatic heterocycles. The van der Waals surface area contributed by atoms with Crippen LogP contribution >= 0.6 is 0 Å². The van der Waals surface area contributed by atoms with Gasteiger partial charge in [-0.1, -0.05) is 54.5 Å². The van der Waals surface area contributed by atoms with Gasteiger partial charge in [0.05, 0.1) is 12.6 Å². The zero-order chi connectivity index (χ0) is 11.7. The summed E-state index contributed by atoms with van der Waals surface area (Å²) in [5.41, 5.74) is 5.28. The van der Waals surface area contributed by atoms with Gasteiger partial charge < -0.3 is 0 Å². The van der Waals surface area contributed by atoms with Gasteiger partial charge in [0.2, 0.25) is 0 Å². The standard InChI is InChI=1S/C16H13N/c1-2-11-17-16-14-9-5-3-7-12(14)13-8-4-6-10-15(13)16/h1,3-10,16-17H,11H2. The molecule has 1 nitrogen and oxygen atoms in total. The number of fused-ring (bicyclic) bond motifs is 3. The van der Waals surface area contributed by atoms with Crippen molar-refractivity contribution in [2.24, 2.45) is 0 Å². The number of rotatable bonds is 2. The highest BCUT2D eigenvalue weighted by molar-refractivity contribution is 5.78. The Hall–Kier alpha value is -2.04. The summed E-state index contributed by atoms with van der Waals surface area (Å²) in [7, 11) is 0. The van der Waals surface area contributed by atoms with Crippen molar-refractivity contribution >= 4 is 0 Å². The van der Waals surface area contributed by atoms with Crippen molar-refractivity contribution in [1.29, 1.82) is 0 Å². The van der Waals surface area contributed by atoms with Crippen LogP contribution in [0.15, 0.2) is 48.5 Å². The molecule has 0 fully saturated rings. The van der Waals surface area contributed by atoms with Gasteiger partial charge in [0.1, 0.15) is 0 Å². The topological polar surface area (TPSA) is 12.0 Å². The van der Waals surface area contributed by atoms with Crippen molar-refractivity contribution in [1.82, 2.24) is 5.32 Å². The lowest BCUT2D eigenvalue weighted by Crippen LogP contribution is -2.20. The molecule has 0 aliphatic heterocycles. The molecule has 1 heteroatoms. The van der Waals surface area contributed by atoms with Gasteiger partial charge >= 0.3 is 0 Å². The van der Waals surface area contributed by atoms with Gasteiger partial charge in [-0.25, -0.2) is 0 Å². The fraction of sp³-hybridized carbons (Fsp3) is 0.125. The Morgan fingerprint density at radius 1 is 0.941 bits per heavy atom. The Balaban J connectivity index is 2.14. The van der Waals surface area contributed by atoms with E-state index in [4.69, 9.17) is 6.42 Å². The largest absolute Gasteiger partial charge is 0.295 e. The second-order valence-electron chi connectivity index (χ2n) is 4.19. The highest BCUT2D eigenvalue weighted by atomic mass is 14.9. The second kappa shape index (κ2) is 4.08. The average molecular weight is 219 g/mol. The lowest BCUT2D eigenvalue weighted by Gasteiger charge is -2.13. The molecule has 0 bridgehead atoms. The highest BCUT2D eigenvalue weighted by Crippen LogP contribution is 2.42. The number of nitrogens with one attached hydrogen (secondary N) is 1. The van der Waals surface area contributed by atoms with E-state index in [2.05, 4.69) is 59.8 Å². The first-order valence-corrected chi connectivity index (χ1v) is 5.77. The molecule has 0 amide bonds. The van der Waals surface area contributed by atoms with Crippen LogP contribution in [0.25, 0.3) is 11.1 Å². The smallest absolute Gasteiger partial charge is 0.0596 e. The molecule has 0 saturated carbocycles. The van der Waals surface area contributed by atoms with Crippen molar-refractivity contribution < 1.29 is 0 Å². The SMILES string of the molecule is C#CCNC1c2ccccc2-c2ccccc21. The Morgan fingerprint density at radius 3 is 2.00 bits per heavy atom. The molecule has 0 spiro atoms. The van der Waals surface area contributed by atoms with Crippen LogP contribution in [0.4, 0.5) is 0 Å². The molecule has 1 aliphatic rings. The number of hydrogen-bond acceptors (Lipinski definition) is 1. The Morgan fingerprint density at radius 2 is 1.47 bits per heavy atom. The fourth-order valence-corrected chi connectivity index (χ4v) is 2.54. The third-order valence-corrected chi connectivity index (χ3v) is 3.24. The van der Waals surface area contributed by atoms with Gasteiger partial charge in [-0.3, -0.25) is 5.32 Å². The maximum atomic E-state index is 5.33. The lowest BCUT2D eigenvalue weighted by atomic mass is 10.1. The van der Waals surface area contributed by atoms with Crippen molar-refractivity contribution in [3.8, 4) is 23.5 Å². The first kappa shape index (κ1) is 10.1. The molecule has 0 radical (unpaired) electrons. The minimum absolute atomic E-state index is 0.235. The van der Waals surface area contributed by atoms with Crippen LogP contribution in [0, 0.1) is 12.3 Å². The number of terminal acetylenes is 1. The summed E-state index contributed by atoms with van der Waals surface area (Å²) in [6.45, 7) is 0.591. The first-order valence-electron chi connectivity index (χ1n) is 5.77. The molecule has 1 aliphatic carbocycles. The van der Waals surface area contributed by atoms with E-state index in [9.17, 15) is 0 Å². The molecule has 0 saturated heterocycles. The molecule has 0 heterocycles. The van der Waals surface area contributed by atoms with E-state index in [1.54, 1.807) is 0 Å². The van der Waals surface area contributed by atoms with Crippen LogP contribution in [-0.2, 0) is 0 Å². The van der Waals surface area contributed by atoms with Crippen LogP contribution in [0.2, 0.25) is 0 Å². The van der Waals surface area contributed by atoms with E-state index in [0.29, 0.717) is 6.54 Å². The van der Waals surface area contributed by atoms with E-state index in [1.165, 1.54) is 22.3 Å². The minimum atomic E-state index is 0.235. The fourth-order valence-electron chi connectivity index (χ4n) is 2.54. The molecular weight excluding hydrogens is 206 g/mol. The first-order chi connectivity index (χ1) is 8.42. The molecule has 2 aromatic rings. The van der Waals surface area contributed by atoms with Crippen molar-refractivity contribution in [3.63, 3.8) is 0 Å². The van der Waals surface area contributed by atoms with Gasteiger partial charge in [-0.05, 0) is 22.3 Å². The van der Waals surface area contributed by atoms with Crippen LogP contribution in [0.1, 0.15) is 17.2 Å². The van der Waals surface area contributed by atoms with Gasteiger partial charge in [-0.15, -0.1) is 6.42 Å². The summed E-state index contributed by atoms with van der Waals surface area (Å²) >= 11 is 0. The van der Waals surface area contributed by atoms with Crippen LogP contribution in [0.5, 0.6) is 0 Å². The molecule has 0 unspecified atom stereocenters.